The van der Waals surface area contributed by atoms with Crippen LogP contribution in [-0.4, -0.2) is 32.2 Å². The van der Waals surface area contributed by atoms with E-state index in [2.05, 4.69) is 28.1 Å². The predicted octanol–water partition coefficient (Wildman–Crippen LogP) is 3.21. The van der Waals surface area contributed by atoms with E-state index in [4.69, 9.17) is 0 Å². The summed E-state index contributed by atoms with van der Waals surface area (Å²) in [4.78, 5) is 23.2. The summed E-state index contributed by atoms with van der Waals surface area (Å²) in [6.45, 7) is 2.95. The molecule has 0 N–H and O–H groups in total. The van der Waals surface area contributed by atoms with Crippen LogP contribution in [0.1, 0.15) is 41.6 Å². The van der Waals surface area contributed by atoms with E-state index in [1.54, 1.807) is 29.3 Å². The molecular weight excluding hydrogens is 314 g/mol. The summed E-state index contributed by atoms with van der Waals surface area (Å²) in [5.74, 6) is 1.08. The summed E-state index contributed by atoms with van der Waals surface area (Å²) < 4.78 is 1.57. The molecule has 25 heavy (non-hydrogen) atoms. The molecule has 1 aliphatic heterocycles. The van der Waals surface area contributed by atoms with E-state index in [0.29, 0.717) is 17.3 Å². The van der Waals surface area contributed by atoms with E-state index in [9.17, 15) is 4.79 Å². The van der Waals surface area contributed by atoms with Gasteiger partial charge in [-0.2, -0.15) is 5.10 Å². The maximum atomic E-state index is 13.1. The Balaban J connectivity index is 1.65. The number of amides is 1. The summed E-state index contributed by atoms with van der Waals surface area (Å²) in [6.07, 6.45) is 6.72. The van der Waals surface area contributed by atoms with Crippen molar-refractivity contribution in [2.24, 2.45) is 0 Å². The summed E-state index contributed by atoms with van der Waals surface area (Å²) in [5, 5.41) is 4.05. The number of anilines is 1. The van der Waals surface area contributed by atoms with Crippen molar-refractivity contribution < 1.29 is 4.79 Å². The second-order valence-electron chi connectivity index (χ2n) is 6.30. The molecule has 6 nitrogen and oxygen atoms in total. The first-order valence-corrected chi connectivity index (χ1v) is 8.46. The van der Waals surface area contributed by atoms with Crippen LogP contribution in [0.5, 0.6) is 0 Å². The van der Waals surface area contributed by atoms with E-state index < -0.39 is 0 Å². The molecule has 0 spiro atoms. The van der Waals surface area contributed by atoms with Gasteiger partial charge in [-0.25, -0.2) is 14.6 Å². The number of benzene rings is 1. The van der Waals surface area contributed by atoms with Gasteiger partial charge in [0.25, 0.3) is 5.91 Å². The van der Waals surface area contributed by atoms with Crippen molar-refractivity contribution >= 4 is 11.6 Å². The number of hydrogen-bond acceptors (Lipinski definition) is 4. The van der Waals surface area contributed by atoms with E-state index >= 15 is 0 Å². The largest absolute Gasteiger partial charge is 0.308 e. The fraction of sp³-hybridized carbons (Fsp3) is 0.263. The lowest BCUT2D eigenvalue weighted by atomic mass is 9.96. The van der Waals surface area contributed by atoms with Gasteiger partial charge in [-0.15, -0.1) is 0 Å². The monoisotopic (exact) mass is 333 g/mol. The number of carbonyl (C=O) groups excluding carboxylic acids is 1. The molecule has 1 atom stereocenters. The molecule has 0 fully saturated rings. The number of nitrogens with zero attached hydrogens (tertiary/aromatic N) is 5. The third kappa shape index (κ3) is 2.91. The molecule has 3 aromatic rings. The molecule has 0 unspecified atom stereocenters. The van der Waals surface area contributed by atoms with Crippen molar-refractivity contribution in [3.63, 3.8) is 0 Å². The molecule has 4 rings (SSSR count). The van der Waals surface area contributed by atoms with Crippen molar-refractivity contribution in [3.05, 3.63) is 66.4 Å². The Labute approximate surface area is 146 Å². The minimum Gasteiger partial charge on any atom is -0.308 e. The molecule has 2 aromatic heterocycles. The van der Waals surface area contributed by atoms with Crippen LogP contribution in [0.15, 0.2) is 55.2 Å². The molecule has 0 radical (unpaired) electrons. The lowest BCUT2D eigenvalue weighted by Crippen LogP contribution is -2.31. The van der Waals surface area contributed by atoms with Gasteiger partial charge in [-0.1, -0.05) is 25.1 Å². The summed E-state index contributed by atoms with van der Waals surface area (Å²) in [6, 6.07) is 11.8. The average Bonchev–Trinajstić information content (AvgIpc) is 3.14. The lowest BCUT2D eigenvalue weighted by Gasteiger charge is -2.23. The maximum Gasteiger partial charge on any atom is 0.259 e. The van der Waals surface area contributed by atoms with Crippen molar-refractivity contribution in [1.82, 2.24) is 19.7 Å². The van der Waals surface area contributed by atoms with Gasteiger partial charge in [0.2, 0.25) is 0 Å². The minimum absolute atomic E-state index is 0.0146. The quantitative estimate of drug-likeness (QED) is 0.722. The van der Waals surface area contributed by atoms with Crippen LogP contribution in [0.25, 0.3) is 5.82 Å². The molecule has 1 aliphatic rings. The van der Waals surface area contributed by atoms with Crippen molar-refractivity contribution in [2.75, 3.05) is 11.4 Å². The third-order valence-corrected chi connectivity index (χ3v) is 4.67. The average molecular weight is 333 g/mol. The highest BCUT2D eigenvalue weighted by Gasteiger charge is 2.25. The molecule has 3 heterocycles. The summed E-state index contributed by atoms with van der Waals surface area (Å²) in [5.41, 5.74) is 2.83. The second kappa shape index (κ2) is 6.47. The van der Waals surface area contributed by atoms with E-state index in [0.717, 1.165) is 25.1 Å². The third-order valence-electron chi connectivity index (χ3n) is 4.67. The summed E-state index contributed by atoms with van der Waals surface area (Å²) >= 11 is 0. The lowest BCUT2D eigenvalue weighted by molar-refractivity contribution is 0.0986. The number of pyridine rings is 1. The zero-order chi connectivity index (χ0) is 17.2. The van der Waals surface area contributed by atoms with Gasteiger partial charge in [0.1, 0.15) is 12.7 Å². The maximum absolute atomic E-state index is 13.1. The first-order valence-electron chi connectivity index (χ1n) is 8.46. The number of rotatable bonds is 2. The minimum atomic E-state index is -0.0146. The Morgan fingerprint density at radius 1 is 1.20 bits per heavy atom. The standard InChI is InChI=1S/C19H19N5O/c1-14-5-4-10-23(17-7-3-2-6-16(14)17)19(25)15-8-9-18(21-11-15)24-13-20-12-22-24/h2-3,6-9,11-14H,4-5,10H2,1H3/t14-/m1/s1. The van der Waals surface area contributed by atoms with Crippen LogP contribution < -0.4 is 4.90 Å². The highest BCUT2D eigenvalue weighted by Crippen LogP contribution is 2.34. The highest BCUT2D eigenvalue weighted by atomic mass is 16.2. The second-order valence-corrected chi connectivity index (χ2v) is 6.30. The normalized spacial score (nSPS) is 17.0. The number of fused-ring (bicyclic) bond motifs is 1. The van der Waals surface area contributed by atoms with Crippen molar-refractivity contribution in [1.29, 1.82) is 0 Å². The Morgan fingerprint density at radius 3 is 2.84 bits per heavy atom. The number of para-hydroxylation sites is 1. The first kappa shape index (κ1) is 15.5. The molecule has 0 saturated carbocycles. The Bertz CT molecular complexity index is 873. The van der Waals surface area contributed by atoms with Gasteiger partial charge in [0.15, 0.2) is 5.82 Å². The number of carbonyl (C=O) groups is 1. The van der Waals surface area contributed by atoms with Gasteiger partial charge < -0.3 is 4.90 Å². The van der Waals surface area contributed by atoms with Crippen LogP contribution >= 0.6 is 0 Å². The fourth-order valence-electron chi connectivity index (χ4n) is 3.32. The highest BCUT2D eigenvalue weighted by molar-refractivity contribution is 6.06. The molecule has 126 valence electrons. The topological polar surface area (TPSA) is 63.9 Å². The van der Waals surface area contributed by atoms with Gasteiger partial charge in [0, 0.05) is 18.4 Å². The van der Waals surface area contributed by atoms with Crippen LogP contribution in [0.4, 0.5) is 5.69 Å². The molecule has 0 saturated heterocycles. The molecule has 0 bridgehead atoms. The van der Waals surface area contributed by atoms with Crippen molar-refractivity contribution in [3.8, 4) is 5.82 Å². The molecular formula is C19H19N5O. The van der Waals surface area contributed by atoms with E-state index in [1.165, 1.54) is 11.9 Å². The van der Waals surface area contributed by atoms with E-state index in [-0.39, 0.29) is 5.91 Å². The molecule has 0 aliphatic carbocycles. The van der Waals surface area contributed by atoms with Gasteiger partial charge in [-0.3, -0.25) is 4.79 Å². The molecule has 6 heteroatoms. The Kier molecular flexibility index (Phi) is 4.01. The number of aromatic nitrogens is 4. The van der Waals surface area contributed by atoms with Gasteiger partial charge in [-0.05, 0) is 42.5 Å². The molecule has 1 aromatic carbocycles. The zero-order valence-electron chi connectivity index (χ0n) is 14.0. The van der Waals surface area contributed by atoms with Crippen LogP contribution in [0, 0.1) is 0 Å². The Hall–Kier alpha value is -3.02. The SMILES string of the molecule is C[C@@H]1CCCN(C(=O)c2ccc(-n3cncn3)nc2)c2ccccc21. The van der Waals surface area contributed by atoms with Gasteiger partial charge in [0.05, 0.1) is 5.56 Å². The smallest absolute Gasteiger partial charge is 0.259 e. The Morgan fingerprint density at radius 2 is 2.08 bits per heavy atom. The molecule has 1 amide bonds. The predicted molar refractivity (Wildman–Crippen MR) is 94.9 cm³/mol. The first-order chi connectivity index (χ1) is 12.2. The fourth-order valence-corrected chi connectivity index (χ4v) is 3.32. The summed E-state index contributed by atoms with van der Waals surface area (Å²) in [7, 11) is 0. The van der Waals surface area contributed by atoms with Crippen LogP contribution in [0.3, 0.4) is 0 Å². The van der Waals surface area contributed by atoms with Crippen LogP contribution in [0.2, 0.25) is 0 Å². The van der Waals surface area contributed by atoms with E-state index in [1.807, 2.05) is 23.1 Å². The van der Waals surface area contributed by atoms with Crippen molar-refractivity contribution in [2.45, 2.75) is 25.7 Å². The number of hydrogen-bond donors (Lipinski definition) is 0. The van der Waals surface area contributed by atoms with Crippen LogP contribution in [-0.2, 0) is 0 Å². The zero-order valence-corrected chi connectivity index (χ0v) is 14.0. The van der Waals surface area contributed by atoms with Gasteiger partial charge >= 0.3 is 0 Å².